The van der Waals surface area contributed by atoms with Crippen LogP contribution in [0.3, 0.4) is 0 Å². The Morgan fingerprint density at radius 3 is 2.36 bits per heavy atom. The van der Waals surface area contributed by atoms with Gasteiger partial charge in [0.05, 0.1) is 38.9 Å². The minimum absolute atomic E-state index is 0.0350. The van der Waals surface area contributed by atoms with Gasteiger partial charge < -0.3 is 9.80 Å². The summed E-state index contributed by atoms with van der Waals surface area (Å²) in [4.78, 5) is 29.8. The molecule has 2 amide bonds. The average Bonchev–Trinajstić information content (AvgIpc) is 2.72. The van der Waals surface area contributed by atoms with E-state index in [-0.39, 0.29) is 10.9 Å². The van der Waals surface area contributed by atoms with Crippen LogP contribution < -0.4 is 9.80 Å². The van der Waals surface area contributed by atoms with Crippen LogP contribution >= 0.6 is 11.6 Å². The van der Waals surface area contributed by atoms with Crippen molar-refractivity contribution >= 4 is 29.1 Å². The maximum atomic E-state index is 12.8. The molecular weight excluding hydrogens is 302 g/mol. The highest BCUT2D eigenvalue weighted by molar-refractivity contribution is 6.52. The van der Waals surface area contributed by atoms with Gasteiger partial charge in [0.25, 0.3) is 11.8 Å². The smallest absolute Gasteiger partial charge is 0.283 e. The largest absolute Gasteiger partial charge is 0.354 e. The third-order valence-electron chi connectivity index (χ3n) is 4.29. The zero-order valence-corrected chi connectivity index (χ0v) is 13.5. The molecule has 2 aliphatic rings. The predicted molar refractivity (Wildman–Crippen MR) is 84.7 cm³/mol. The van der Waals surface area contributed by atoms with E-state index < -0.39 is 5.91 Å². The molecule has 0 aromatic heterocycles. The van der Waals surface area contributed by atoms with E-state index in [1.54, 1.807) is 6.07 Å². The first-order chi connectivity index (χ1) is 10.5. The lowest BCUT2D eigenvalue weighted by atomic mass is 10.2. The maximum Gasteiger partial charge on any atom is 0.283 e. The Hall–Kier alpha value is -1.85. The number of quaternary nitrogens is 1. The second kappa shape index (κ2) is 5.74. The molecule has 0 bridgehead atoms. The van der Waals surface area contributed by atoms with Crippen LogP contribution in [0.25, 0.3) is 0 Å². The van der Waals surface area contributed by atoms with Crippen molar-refractivity contribution in [1.82, 2.24) is 4.90 Å². The number of carbonyl (C=O) groups excluding carboxylic acids is 2. The zero-order valence-electron chi connectivity index (χ0n) is 12.7. The molecule has 1 aromatic rings. The number of amides is 2. The molecule has 2 heterocycles. The fourth-order valence-electron chi connectivity index (χ4n) is 2.91. The number of nitrogens with zero attached hydrogens (tertiary/aromatic N) is 2. The normalized spacial score (nSPS) is 20.3. The van der Waals surface area contributed by atoms with Gasteiger partial charge >= 0.3 is 0 Å². The van der Waals surface area contributed by atoms with Crippen molar-refractivity contribution in [2.24, 2.45) is 0 Å². The van der Waals surface area contributed by atoms with Gasteiger partial charge in [-0.2, -0.15) is 0 Å². The number of piperazine rings is 1. The molecule has 1 fully saturated rings. The summed E-state index contributed by atoms with van der Waals surface area (Å²) < 4.78 is 0. The summed E-state index contributed by atoms with van der Waals surface area (Å²) in [6.07, 6.45) is 0. The predicted octanol–water partition coefficient (Wildman–Crippen LogP) is 0.149. The molecule has 0 radical (unpaired) electrons. The number of carbonyl (C=O) groups is 2. The van der Waals surface area contributed by atoms with Gasteiger partial charge in [-0.1, -0.05) is 29.8 Å². The molecule has 116 valence electrons. The maximum absolute atomic E-state index is 12.8. The SMILES string of the molecule is Cc1ccccc1N1C(=O)C(Cl)=C(N2CC[NH+](C)CC2)C1=O. The molecule has 0 unspecified atom stereocenters. The Morgan fingerprint density at radius 2 is 1.73 bits per heavy atom. The molecule has 1 aromatic carbocycles. The van der Waals surface area contributed by atoms with E-state index in [2.05, 4.69) is 7.05 Å². The van der Waals surface area contributed by atoms with Gasteiger partial charge in [-0.15, -0.1) is 0 Å². The second-order valence-electron chi connectivity index (χ2n) is 5.84. The summed E-state index contributed by atoms with van der Waals surface area (Å²) >= 11 is 6.21. The highest BCUT2D eigenvalue weighted by Crippen LogP contribution is 2.32. The topological polar surface area (TPSA) is 45.1 Å². The third kappa shape index (κ3) is 2.40. The standard InChI is InChI=1S/C16H18ClN3O2/c1-11-5-3-4-6-12(11)20-15(21)13(17)14(16(20)22)19-9-7-18(2)8-10-19/h3-6H,7-10H2,1-2H3/p+1. The van der Waals surface area contributed by atoms with Gasteiger partial charge in [0.2, 0.25) is 0 Å². The number of rotatable bonds is 2. The summed E-state index contributed by atoms with van der Waals surface area (Å²) in [5.41, 5.74) is 1.82. The van der Waals surface area contributed by atoms with Gasteiger partial charge in [-0.25, -0.2) is 4.90 Å². The molecule has 3 rings (SSSR count). The number of aryl methyl sites for hydroxylation is 1. The van der Waals surface area contributed by atoms with Gasteiger partial charge in [0.15, 0.2) is 0 Å². The number of halogens is 1. The number of benzene rings is 1. The minimum atomic E-state index is -0.428. The van der Waals surface area contributed by atoms with E-state index in [0.717, 1.165) is 31.7 Å². The van der Waals surface area contributed by atoms with Crippen molar-refractivity contribution in [3.8, 4) is 0 Å². The summed E-state index contributed by atoms with van der Waals surface area (Å²) in [7, 11) is 2.12. The quantitative estimate of drug-likeness (QED) is 0.789. The number of anilines is 1. The Balaban J connectivity index is 1.92. The summed E-state index contributed by atoms with van der Waals surface area (Å²) in [5.74, 6) is -0.744. The van der Waals surface area contributed by atoms with Crippen molar-refractivity contribution in [3.05, 3.63) is 40.6 Å². The van der Waals surface area contributed by atoms with E-state index in [1.165, 1.54) is 9.80 Å². The monoisotopic (exact) mass is 320 g/mol. The summed E-state index contributed by atoms with van der Waals surface area (Å²) in [6.45, 7) is 5.20. The van der Waals surface area contributed by atoms with E-state index >= 15 is 0 Å². The van der Waals surface area contributed by atoms with E-state index in [4.69, 9.17) is 11.6 Å². The molecule has 22 heavy (non-hydrogen) atoms. The molecule has 1 saturated heterocycles. The van der Waals surface area contributed by atoms with E-state index in [1.807, 2.05) is 30.0 Å². The minimum Gasteiger partial charge on any atom is -0.354 e. The Bertz CT molecular complexity index is 663. The van der Waals surface area contributed by atoms with Gasteiger partial charge in [-0.05, 0) is 18.6 Å². The fraction of sp³-hybridized carbons (Fsp3) is 0.375. The van der Waals surface area contributed by atoms with Crippen LogP contribution in [0.2, 0.25) is 0 Å². The molecular formula is C16H19ClN3O2+. The Kier molecular flexibility index (Phi) is 3.93. The highest BCUT2D eigenvalue weighted by atomic mass is 35.5. The number of hydrogen-bond donors (Lipinski definition) is 1. The molecule has 6 heteroatoms. The van der Waals surface area contributed by atoms with Gasteiger partial charge in [0.1, 0.15) is 10.7 Å². The summed E-state index contributed by atoms with van der Waals surface area (Å²) in [6, 6.07) is 7.34. The number of nitrogens with one attached hydrogen (secondary N) is 1. The van der Waals surface area contributed by atoms with Crippen molar-refractivity contribution in [3.63, 3.8) is 0 Å². The lowest BCUT2D eigenvalue weighted by Gasteiger charge is -2.32. The van der Waals surface area contributed by atoms with Crippen LogP contribution in [0, 0.1) is 6.92 Å². The molecule has 0 spiro atoms. The first-order valence-corrected chi connectivity index (χ1v) is 7.79. The van der Waals surface area contributed by atoms with E-state index in [0.29, 0.717) is 11.4 Å². The average molecular weight is 321 g/mol. The molecule has 0 aliphatic carbocycles. The number of hydrogen-bond acceptors (Lipinski definition) is 3. The van der Waals surface area contributed by atoms with Gasteiger partial charge in [-0.3, -0.25) is 9.59 Å². The van der Waals surface area contributed by atoms with E-state index in [9.17, 15) is 9.59 Å². The van der Waals surface area contributed by atoms with Crippen molar-refractivity contribution in [2.75, 3.05) is 38.1 Å². The van der Waals surface area contributed by atoms with Crippen molar-refractivity contribution in [1.29, 1.82) is 0 Å². The highest BCUT2D eigenvalue weighted by Gasteiger charge is 2.42. The third-order valence-corrected chi connectivity index (χ3v) is 4.63. The molecule has 5 nitrogen and oxygen atoms in total. The number of likely N-dealkylation sites (N-methyl/N-ethyl adjacent to an activating group) is 1. The van der Waals surface area contributed by atoms with Crippen LogP contribution in [-0.2, 0) is 9.59 Å². The molecule has 1 N–H and O–H groups in total. The lowest BCUT2D eigenvalue weighted by molar-refractivity contribution is -0.883. The zero-order chi connectivity index (χ0) is 15.9. The number of para-hydroxylation sites is 1. The van der Waals surface area contributed by atoms with Crippen LogP contribution in [-0.4, -0.2) is 49.9 Å². The second-order valence-corrected chi connectivity index (χ2v) is 6.22. The number of imide groups is 1. The Morgan fingerprint density at radius 1 is 1.09 bits per heavy atom. The van der Waals surface area contributed by atoms with Crippen LogP contribution in [0.1, 0.15) is 5.56 Å². The molecule has 0 atom stereocenters. The van der Waals surface area contributed by atoms with Crippen LogP contribution in [0.4, 0.5) is 5.69 Å². The van der Waals surface area contributed by atoms with Crippen molar-refractivity contribution < 1.29 is 14.5 Å². The van der Waals surface area contributed by atoms with Crippen LogP contribution in [0.15, 0.2) is 35.0 Å². The molecule has 0 saturated carbocycles. The fourth-order valence-corrected chi connectivity index (χ4v) is 3.20. The van der Waals surface area contributed by atoms with Crippen LogP contribution in [0.5, 0.6) is 0 Å². The first-order valence-electron chi connectivity index (χ1n) is 7.41. The lowest BCUT2D eigenvalue weighted by Crippen LogP contribution is -3.11. The first kappa shape index (κ1) is 15.1. The van der Waals surface area contributed by atoms with Crippen molar-refractivity contribution in [2.45, 2.75) is 6.92 Å². The Labute approximate surface area is 134 Å². The molecule has 2 aliphatic heterocycles. The summed E-state index contributed by atoms with van der Waals surface area (Å²) in [5, 5.41) is 0.0350. The van der Waals surface area contributed by atoms with Gasteiger partial charge in [0, 0.05) is 0 Å².